The Labute approximate surface area is 84.6 Å². The molecule has 0 unspecified atom stereocenters. The summed E-state index contributed by atoms with van der Waals surface area (Å²) < 4.78 is 5.00. The summed E-state index contributed by atoms with van der Waals surface area (Å²) in [6.07, 6.45) is 1.47. The summed E-state index contributed by atoms with van der Waals surface area (Å²) in [6.45, 7) is 6.28. The Bertz CT molecular complexity index is 227. The zero-order valence-corrected chi connectivity index (χ0v) is 9.13. The van der Waals surface area contributed by atoms with Crippen molar-refractivity contribution < 1.29 is 9.53 Å². The second-order valence-corrected chi connectivity index (χ2v) is 3.95. The van der Waals surface area contributed by atoms with Crippen molar-refractivity contribution in [2.24, 2.45) is 0 Å². The van der Waals surface area contributed by atoms with Gasteiger partial charge in [-0.05, 0) is 20.8 Å². The molecule has 5 nitrogen and oxygen atoms in total. The summed E-state index contributed by atoms with van der Waals surface area (Å²) >= 11 is 0. The van der Waals surface area contributed by atoms with Gasteiger partial charge in [0.15, 0.2) is 6.19 Å². The van der Waals surface area contributed by atoms with Gasteiger partial charge in [0, 0.05) is 20.1 Å². The molecule has 0 aliphatic rings. The van der Waals surface area contributed by atoms with Crippen LogP contribution in [0.25, 0.3) is 0 Å². The highest BCUT2D eigenvalue weighted by Gasteiger charge is 2.15. The fourth-order valence-corrected chi connectivity index (χ4v) is 0.690. The predicted octanol–water partition coefficient (Wildman–Crippen LogP) is 0.924. The summed E-state index contributed by atoms with van der Waals surface area (Å²) in [6, 6.07) is 0. The van der Waals surface area contributed by atoms with E-state index < -0.39 is 11.7 Å². The van der Waals surface area contributed by atoms with E-state index in [-0.39, 0.29) is 0 Å². The number of ether oxygens (including phenoxy) is 1. The third kappa shape index (κ3) is 7.22. The topological polar surface area (TPSA) is 65.4 Å². The van der Waals surface area contributed by atoms with Crippen LogP contribution in [0.4, 0.5) is 4.79 Å². The third-order valence-corrected chi connectivity index (χ3v) is 1.29. The molecule has 0 aliphatic carbocycles. The number of nitriles is 1. The molecule has 0 aromatic heterocycles. The van der Waals surface area contributed by atoms with Crippen LogP contribution < -0.4 is 5.32 Å². The Balaban J connectivity index is 3.62. The van der Waals surface area contributed by atoms with Gasteiger partial charge in [-0.3, -0.25) is 0 Å². The zero-order chi connectivity index (χ0) is 11.2. The average Bonchev–Trinajstić information content (AvgIpc) is 2.00. The van der Waals surface area contributed by atoms with Gasteiger partial charge < -0.3 is 15.0 Å². The van der Waals surface area contributed by atoms with E-state index >= 15 is 0 Å². The van der Waals surface area contributed by atoms with E-state index in [1.165, 1.54) is 4.90 Å². The number of nitrogens with zero attached hydrogens (tertiary/aromatic N) is 2. The molecular weight excluding hydrogens is 182 g/mol. The second-order valence-electron chi connectivity index (χ2n) is 3.95. The van der Waals surface area contributed by atoms with Crippen molar-refractivity contribution in [1.82, 2.24) is 10.2 Å². The maximum absolute atomic E-state index is 11.1. The van der Waals surface area contributed by atoms with Crippen LogP contribution in [0, 0.1) is 11.5 Å². The minimum Gasteiger partial charge on any atom is -0.444 e. The Kier molecular flexibility index (Phi) is 4.78. The molecule has 14 heavy (non-hydrogen) atoms. The predicted molar refractivity (Wildman–Crippen MR) is 52.5 cm³/mol. The summed E-state index contributed by atoms with van der Waals surface area (Å²) in [7, 11) is 1.65. The first-order chi connectivity index (χ1) is 6.35. The van der Waals surface area contributed by atoms with Crippen LogP contribution in [-0.4, -0.2) is 36.7 Å². The number of carbonyl (C=O) groups excluding carboxylic acids is 1. The standard InChI is InChI=1S/C9H17N3O2/c1-9(2,3)14-8(13)11-5-6-12(4)7-10/h5-6H2,1-4H3,(H,11,13). The molecule has 0 bridgehead atoms. The summed E-state index contributed by atoms with van der Waals surface area (Å²) in [5, 5.41) is 11.0. The fourth-order valence-electron chi connectivity index (χ4n) is 0.690. The lowest BCUT2D eigenvalue weighted by Crippen LogP contribution is -2.36. The monoisotopic (exact) mass is 199 g/mol. The molecule has 1 amide bonds. The molecule has 0 aromatic carbocycles. The summed E-state index contributed by atoms with van der Waals surface area (Å²) in [5.41, 5.74) is -0.481. The van der Waals surface area contributed by atoms with E-state index in [2.05, 4.69) is 5.32 Å². The van der Waals surface area contributed by atoms with Crippen LogP contribution in [0.5, 0.6) is 0 Å². The Morgan fingerprint density at radius 2 is 2.14 bits per heavy atom. The van der Waals surface area contributed by atoms with E-state index in [9.17, 15) is 4.79 Å². The quantitative estimate of drug-likeness (QED) is 0.542. The highest BCUT2D eigenvalue weighted by Crippen LogP contribution is 2.05. The minimum absolute atomic E-state index is 0.402. The number of nitrogens with one attached hydrogen (secondary N) is 1. The summed E-state index contributed by atoms with van der Waals surface area (Å²) in [5.74, 6) is 0. The van der Waals surface area contributed by atoms with Gasteiger partial charge in [0.1, 0.15) is 5.60 Å². The number of alkyl carbamates (subject to hydrolysis) is 1. The largest absolute Gasteiger partial charge is 0.444 e. The molecule has 0 fully saturated rings. The van der Waals surface area contributed by atoms with Crippen molar-refractivity contribution in [3.63, 3.8) is 0 Å². The maximum Gasteiger partial charge on any atom is 0.407 e. The normalized spacial score (nSPS) is 10.2. The second kappa shape index (κ2) is 5.32. The van der Waals surface area contributed by atoms with E-state index in [1.54, 1.807) is 27.8 Å². The SMILES string of the molecule is CN(C#N)CCNC(=O)OC(C)(C)C. The smallest absolute Gasteiger partial charge is 0.407 e. The van der Waals surface area contributed by atoms with Crippen LogP contribution >= 0.6 is 0 Å². The molecule has 80 valence electrons. The Hall–Kier alpha value is -1.44. The fraction of sp³-hybridized carbons (Fsp3) is 0.778. The number of likely N-dealkylation sites (N-methyl/N-ethyl adjacent to an activating group) is 1. The molecule has 0 spiro atoms. The van der Waals surface area contributed by atoms with Crippen LogP contribution in [0.15, 0.2) is 0 Å². The van der Waals surface area contributed by atoms with Crippen LogP contribution in [0.2, 0.25) is 0 Å². The van der Waals surface area contributed by atoms with Crippen molar-refractivity contribution >= 4 is 6.09 Å². The highest BCUT2D eigenvalue weighted by molar-refractivity contribution is 5.67. The first kappa shape index (κ1) is 12.6. The van der Waals surface area contributed by atoms with Gasteiger partial charge in [0.05, 0.1) is 0 Å². The lowest BCUT2D eigenvalue weighted by atomic mass is 10.2. The van der Waals surface area contributed by atoms with Gasteiger partial charge in [0.2, 0.25) is 0 Å². The van der Waals surface area contributed by atoms with Gasteiger partial charge in [-0.25, -0.2) is 4.79 Å². The lowest BCUT2D eigenvalue weighted by molar-refractivity contribution is 0.0526. The molecule has 0 radical (unpaired) electrons. The minimum atomic E-state index is -0.481. The number of carbonyl (C=O) groups is 1. The molecule has 0 saturated carbocycles. The van der Waals surface area contributed by atoms with Crippen LogP contribution in [-0.2, 0) is 4.74 Å². The number of hydrogen-bond acceptors (Lipinski definition) is 4. The van der Waals surface area contributed by atoms with Gasteiger partial charge in [0.25, 0.3) is 0 Å². The molecule has 1 N–H and O–H groups in total. The van der Waals surface area contributed by atoms with Gasteiger partial charge in [-0.2, -0.15) is 5.26 Å². The first-order valence-corrected chi connectivity index (χ1v) is 4.43. The highest BCUT2D eigenvalue weighted by atomic mass is 16.6. The molecule has 0 aromatic rings. The van der Waals surface area contributed by atoms with Crippen molar-refractivity contribution in [1.29, 1.82) is 5.26 Å². The molecular formula is C9H17N3O2. The van der Waals surface area contributed by atoms with Crippen molar-refractivity contribution in [2.75, 3.05) is 20.1 Å². The molecule has 0 saturated heterocycles. The maximum atomic E-state index is 11.1. The van der Waals surface area contributed by atoms with Crippen molar-refractivity contribution in [2.45, 2.75) is 26.4 Å². The van der Waals surface area contributed by atoms with Crippen LogP contribution in [0.1, 0.15) is 20.8 Å². The molecule has 0 rings (SSSR count). The Morgan fingerprint density at radius 3 is 2.57 bits per heavy atom. The van der Waals surface area contributed by atoms with E-state index in [0.29, 0.717) is 13.1 Å². The van der Waals surface area contributed by atoms with E-state index in [1.807, 2.05) is 6.19 Å². The summed E-state index contributed by atoms with van der Waals surface area (Å²) in [4.78, 5) is 12.5. The molecule has 0 atom stereocenters. The lowest BCUT2D eigenvalue weighted by Gasteiger charge is -2.20. The van der Waals surface area contributed by atoms with Gasteiger partial charge >= 0.3 is 6.09 Å². The van der Waals surface area contributed by atoms with Gasteiger partial charge in [-0.15, -0.1) is 0 Å². The number of amides is 1. The van der Waals surface area contributed by atoms with E-state index in [4.69, 9.17) is 10.00 Å². The molecule has 0 aliphatic heterocycles. The van der Waals surface area contributed by atoms with E-state index in [0.717, 1.165) is 0 Å². The Morgan fingerprint density at radius 1 is 1.57 bits per heavy atom. The van der Waals surface area contributed by atoms with Crippen LogP contribution in [0.3, 0.4) is 0 Å². The average molecular weight is 199 g/mol. The molecule has 5 heteroatoms. The molecule has 0 heterocycles. The first-order valence-electron chi connectivity index (χ1n) is 4.43. The number of rotatable bonds is 3. The zero-order valence-electron chi connectivity index (χ0n) is 9.13. The third-order valence-electron chi connectivity index (χ3n) is 1.29. The van der Waals surface area contributed by atoms with Gasteiger partial charge in [-0.1, -0.05) is 0 Å². The van der Waals surface area contributed by atoms with Crippen molar-refractivity contribution in [3.8, 4) is 6.19 Å². The number of hydrogen-bond donors (Lipinski definition) is 1. The van der Waals surface area contributed by atoms with Crippen molar-refractivity contribution in [3.05, 3.63) is 0 Å².